The third-order valence-corrected chi connectivity index (χ3v) is 5.16. The van der Waals surface area contributed by atoms with Crippen molar-refractivity contribution in [3.8, 4) is 22.9 Å². The van der Waals surface area contributed by atoms with Crippen molar-refractivity contribution < 1.29 is 4.74 Å². The molecule has 0 saturated heterocycles. The Bertz CT molecular complexity index is 1360. The Hall–Kier alpha value is -3.77. The molecule has 1 aromatic heterocycles. The summed E-state index contributed by atoms with van der Waals surface area (Å²) < 4.78 is 5.56. The molecule has 0 radical (unpaired) electrons. The number of aromatic nitrogens is 1. The van der Waals surface area contributed by atoms with Crippen LogP contribution in [0.3, 0.4) is 0 Å². The molecule has 4 aromatic carbocycles. The van der Waals surface area contributed by atoms with Crippen molar-refractivity contribution in [1.82, 2.24) is 4.98 Å². The van der Waals surface area contributed by atoms with Crippen molar-refractivity contribution in [3.63, 3.8) is 0 Å². The van der Waals surface area contributed by atoms with Crippen LogP contribution < -0.4 is 4.74 Å². The molecule has 0 fully saturated rings. The highest BCUT2D eigenvalue weighted by Gasteiger charge is 2.20. The van der Waals surface area contributed by atoms with E-state index in [1.165, 1.54) is 0 Å². The summed E-state index contributed by atoms with van der Waals surface area (Å²) >= 11 is 0. The smallest absolute Gasteiger partial charge is 0.142 e. The summed E-state index contributed by atoms with van der Waals surface area (Å²) in [5, 5.41) is 14.0. The van der Waals surface area contributed by atoms with Gasteiger partial charge in [-0.05, 0) is 17.0 Å². The molecule has 5 aromatic rings. The van der Waals surface area contributed by atoms with Gasteiger partial charge in [0, 0.05) is 21.7 Å². The Balaban J connectivity index is 2.11. The molecule has 0 bridgehead atoms. The van der Waals surface area contributed by atoms with E-state index in [0.717, 1.165) is 49.5 Å². The molecule has 3 heteroatoms. The van der Waals surface area contributed by atoms with Gasteiger partial charge in [0.1, 0.15) is 11.8 Å². The number of nitrogens with one attached hydrogen (secondary N) is 1. The molecule has 3 nitrogen and oxygen atoms in total. The predicted octanol–water partition coefficient (Wildman–Crippen LogP) is 6.02. The van der Waals surface area contributed by atoms with Gasteiger partial charge >= 0.3 is 0 Å². The van der Waals surface area contributed by atoms with Crippen LogP contribution in [0.2, 0.25) is 0 Å². The average Bonchev–Trinajstić information content (AvgIpc) is 3.11. The van der Waals surface area contributed by atoms with E-state index in [0.29, 0.717) is 5.56 Å². The summed E-state index contributed by atoms with van der Waals surface area (Å²) in [7, 11) is 1.67. The molecule has 0 atom stereocenters. The summed E-state index contributed by atoms with van der Waals surface area (Å²) in [6, 6.07) is 26.8. The highest BCUT2D eigenvalue weighted by Crippen LogP contribution is 2.43. The van der Waals surface area contributed by atoms with Gasteiger partial charge in [0.15, 0.2) is 0 Å². The number of hydrogen-bond donors (Lipinski definition) is 1. The molecular weight excluding hydrogens is 332 g/mol. The third-order valence-electron chi connectivity index (χ3n) is 5.16. The van der Waals surface area contributed by atoms with E-state index in [1.807, 2.05) is 54.6 Å². The first-order valence-electron chi connectivity index (χ1n) is 8.82. The zero-order chi connectivity index (χ0) is 18.4. The van der Waals surface area contributed by atoms with Gasteiger partial charge in [0.25, 0.3) is 0 Å². The second kappa shape index (κ2) is 5.89. The Kier molecular flexibility index (Phi) is 3.38. The molecule has 5 rings (SSSR count). The first kappa shape index (κ1) is 15.5. The van der Waals surface area contributed by atoms with Crippen LogP contribution in [0.4, 0.5) is 0 Å². The predicted molar refractivity (Wildman–Crippen MR) is 110 cm³/mol. The van der Waals surface area contributed by atoms with Crippen LogP contribution in [0.25, 0.3) is 43.7 Å². The lowest BCUT2D eigenvalue weighted by molar-refractivity contribution is 0.419. The lowest BCUT2D eigenvalue weighted by atomic mass is 9.91. The van der Waals surface area contributed by atoms with Gasteiger partial charge in [-0.3, -0.25) is 0 Å². The van der Waals surface area contributed by atoms with Gasteiger partial charge in [-0.15, -0.1) is 0 Å². The highest BCUT2D eigenvalue weighted by molar-refractivity contribution is 6.23. The van der Waals surface area contributed by atoms with Crippen molar-refractivity contribution in [3.05, 3.63) is 78.4 Å². The zero-order valence-electron chi connectivity index (χ0n) is 14.8. The fourth-order valence-corrected chi connectivity index (χ4v) is 4.02. The summed E-state index contributed by atoms with van der Waals surface area (Å²) in [5.74, 6) is 0.774. The van der Waals surface area contributed by atoms with Crippen molar-refractivity contribution in [2.75, 3.05) is 7.11 Å². The SMILES string of the molecule is COc1cccc2c1[nH]c1c(-c3ccccc3)c3ccccc3c(C#N)c12. The lowest BCUT2D eigenvalue weighted by Crippen LogP contribution is -1.89. The van der Waals surface area contributed by atoms with Gasteiger partial charge < -0.3 is 9.72 Å². The molecule has 1 N–H and O–H groups in total. The van der Waals surface area contributed by atoms with E-state index in [1.54, 1.807) is 7.11 Å². The minimum absolute atomic E-state index is 0.694. The Morgan fingerprint density at radius 3 is 2.22 bits per heavy atom. The molecule has 0 aliphatic carbocycles. The number of rotatable bonds is 2. The lowest BCUT2D eigenvalue weighted by Gasteiger charge is -2.11. The molecule has 1 heterocycles. The van der Waals surface area contributed by atoms with Crippen LogP contribution in [0, 0.1) is 11.3 Å². The highest BCUT2D eigenvalue weighted by atomic mass is 16.5. The van der Waals surface area contributed by atoms with Crippen LogP contribution in [-0.4, -0.2) is 12.1 Å². The summed E-state index contributed by atoms with van der Waals surface area (Å²) in [6.07, 6.45) is 0. The molecule has 0 amide bonds. The molecule has 0 unspecified atom stereocenters. The number of fused-ring (bicyclic) bond motifs is 4. The number of para-hydroxylation sites is 1. The van der Waals surface area contributed by atoms with Crippen LogP contribution in [0.5, 0.6) is 5.75 Å². The first-order chi connectivity index (χ1) is 13.3. The van der Waals surface area contributed by atoms with E-state index < -0.39 is 0 Å². The Morgan fingerprint density at radius 2 is 1.48 bits per heavy atom. The quantitative estimate of drug-likeness (QED) is 0.424. The van der Waals surface area contributed by atoms with Gasteiger partial charge in [-0.25, -0.2) is 0 Å². The second-order valence-electron chi connectivity index (χ2n) is 6.53. The second-order valence-corrected chi connectivity index (χ2v) is 6.53. The van der Waals surface area contributed by atoms with E-state index in [9.17, 15) is 5.26 Å². The van der Waals surface area contributed by atoms with Crippen molar-refractivity contribution >= 4 is 32.6 Å². The van der Waals surface area contributed by atoms with Crippen LogP contribution >= 0.6 is 0 Å². The molecule has 0 aliphatic rings. The number of benzene rings is 4. The number of hydrogen-bond acceptors (Lipinski definition) is 2. The molecule has 27 heavy (non-hydrogen) atoms. The largest absolute Gasteiger partial charge is 0.495 e. The maximum absolute atomic E-state index is 10.0. The van der Waals surface area contributed by atoms with Crippen molar-refractivity contribution in [2.24, 2.45) is 0 Å². The monoisotopic (exact) mass is 348 g/mol. The number of nitriles is 1. The molecule has 0 aliphatic heterocycles. The number of H-pyrrole nitrogens is 1. The van der Waals surface area contributed by atoms with Crippen LogP contribution in [0.1, 0.15) is 5.56 Å². The number of methoxy groups -OCH3 is 1. The normalized spacial score (nSPS) is 11.1. The maximum atomic E-state index is 10.0. The summed E-state index contributed by atoms with van der Waals surface area (Å²) in [4.78, 5) is 3.56. The number of ether oxygens (including phenoxy) is 1. The summed E-state index contributed by atoms with van der Waals surface area (Å²) in [6.45, 7) is 0. The van der Waals surface area contributed by atoms with Crippen molar-refractivity contribution in [2.45, 2.75) is 0 Å². The standard InChI is InChI=1S/C24H16N2O/c1-27-20-13-7-12-18-22-19(14-25)16-10-5-6-11-17(16)21(24(22)26-23(18)20)15-8-3-2-4-9-15/h2-13,26H,1H3. The topological polar surface area (TPSA) is 48.8 Å². The van der Waals surface area contributed by atoms with E-state index in [4.69, 9.17) is 4.74 Å². The fraction of sp³-hybridized carbons (Fsp3) is 0.0417. The van der Waals surface area contributed by atoms with E-state index in [-0.39, 0.29) is 0 Å². The van der Waals surface area contributed by atoms with Crippen LogP contribution in [-0.2, 0) is 0 Å². The zero-order valence-corrected chi connectivity index (χ0v) is 14.8. The summed E-state index contributed by atoms with van der Waals surface area (Å²) in [5.41, 5.74) is 4.81. The first-order valence-corrected chi connectivity index (χ1v) is 8.82. The minimum atomic E-state index is 0.694. The minimum Gasteiger partial charge on any atom is -0.495 e. The molecule has 128 valence electrons. The molecular formula is C24H16N2O. The molecule has 0 saturated carbocycles. The average molecular weight is 348 g/mol. The van der Waals surface area contributed by atoms with E-state index in [2.05, 4.69) is 29.3 Å². The van der Waals surface area contributed by atoms with Gasteiger partial charge in [-0.1, -0.05) is 66.7 Å². The maximum Gasteiger partial charge on any atom is 0.142 e. The van der Waals surface area contributed by atoms with Crippen molar-refractivity contribution in [1.29, 1.82) is 5.26 Å². The third kappa shape index (κ3) is 2.14. The van der Waals surface area contributed by atoms with Gasteiger partial charge in [0.05, 0.1) is 23.7 Å². The molecule has 0 spiro atoms. The fourth-order valence-electron chi connectivity index (χ4n) is 4.02. The van der Waals surface area contributed by atoms with E-state index >= 15 is 0 Å². The van der Waals surface area contributed by atoms with Gasteiger partial charge in [0.2, 0.25) is 0 Å². The Labute approximate surface area is 156 Å². The van der Waals surface area contributed by atoms with Crippen LogP contribution in [0.15, 0.2) is 72.8 Å². The number of nitrogens with zero attached hydrogens (tertiary/aromatic N) is 1. The van der Waals surface area contributed by atoms with Gasteiger partial charge in [-0.2, -0.15) is 5.26 Å². The Morgan fingerprint density at radius 1 is 0.778 bits per heavy atom. The number of aromatic amines is 1.